The highest BCUT2D eigenvalue weighted by molar-refractivity contribution is 5.05. The minimum absolute atomic E-state index is 0.133. The monoisotopic (exact) mass is 333 g/mol. The molecule has 0 unspecified atom stereocenters. The van der Waals surface area contributed by atoms with Gasteiger partial charge in [-0.25, -0.2) is 0 Å². The van der Waals surface area contributed by atoms with Gasteiger partial charge >= 0.3 is 0 Å². The molecule has 1 atom stereocenters. The molecule has 2 saturated heterocycles. The van der Waals surface area contributed by atoms with Gasteiger partial charge in [0.15, 0.2) is 0 Å². The zero-order chi connectivity index (χ0) is 16.4. The van der Waals surface area contributed by atoms with Crippen LogP contribution in [0.25, 0.3) is 0 Å². The molecule has 3 aliphatic rings. The number of ether oxygens (including phenoxy) is 2. The molecular formula is C19H31N3O2. The molecule has 0 bridgehead atoms. The topological polar surface area (TPSA) is 39.5 Å². The van der Waals surface area contributed by atoms with E-state index in [-0.39, 0.29) is 5.60 Å². The van der Waals surface area contributed by atoms with E-state index in [4.69, 9.17) is 9.47 Å². The van der Waals surface area contributed by atoms with Crippen molar-refractivity contribution in [3.63, 3.8) is 0 Å². The van der Waals surface area contributed by atoms with Gasteiger partial charge in [-0.05, 0) is 50.4 Å². The van der Waals surface area contributed by atoms with Crippen molar-refractivity contribution in [2.24, 2.45) is 18.9 Å². The first-order chi connectivity index (χ1) is 11.7. The van der Waals surface area contributed by atoms with Crippen molar-refractivity contribution in [2.45, 2.75) is 50.7 Å². The average molecular weight is 333 g/mol. The number of aryl methyl sites for hydroxylation is 1. The van der Waals surface area contributed by atoms with Crippen molar-refractivity contribution >= 4 is 0 Å². The van der Waals surface area contributed by atoms with Crippen LogP contribution in [0.2, 0.25) is 0 Å². The summed E-state index contributed by atoms with van der Waals surface area (Å²) in [5.74, 6) is 1.56. The highest BCUT2D eigenvalue weighted by atomic mass is 16.5. The Hall–Kier alpha value is -0.910. The van der Waals surface area contributed by atoms with Crippen LogP contribution < -0.4 is 0 Å². The van der Waals surface area contributed by atoms with Crippen molar-refractivity contribution in [2.75, 3.05) is 32.9 Å². The number of nitrogens with zero attached hydrogens (tertiary/aromatic N) is 3. The van der Waals surface area contributed by atoms with Crippen LogP contribution in [0.1, 0.15) is 44.1 Å². The smallest absolute Gasteiger partial charge is 0.0736 e. The molecule has 0 radical (unpaired) electrons. The molecule has 1 aromatic heterocycles. The Morgan fingerprint density at radius 2 is 2.12 bits per heavy atom. The van der Waals surface area contributed by atoms with Gasteiger partial charge in [0.1, 0.15) is 0 Å². The number of hydrogen-bond donors (Lipinski definition) is 0. The molecule has 3 heterocycles. The van der Waals surface area contributed by atoms with E-state index in [0.29, 0.717) is 5.92 Å². The lowest BCUT2D eigenvalue weighted by Crippen LogP contribution is -2.47. The number of likely N-dealkylation sites (tertiary alicyclic amines) is 1. The number of piperidine rings is 1. The molecule has 1 saturated carbocycles. The van der Waals surface area contributed by atoms with E-state index in [1.54, 1.807) is 0 Å². The maximum atomic E-state index is 6.29. The fraction of sp³-hybridized carbons (Fsp3) is 0.842. The normalized spacial score (nSPS) is 27.1. The predicted molar refractivity (Wildman–Crippen MR) is 92.7 cm³/mol. The molecule has 1 aromatic rings. The van der Waals surface area contributed by atoms with Crippen LogP contribution in [0.15, 0.2) is 12.4 Å². The van der Waals surface area contributed by atoms with E-state index >= 15 is 0 Å². The summed E-state index contributed by atoms with van der Waals surface area (Å²) in [4.78, 5) is 2.55. The van der Waals surface area contributed by atoms with Crippen LogP contribution >= 0.6 is 0 Å². The molecule has 0 N–H and O–H groups in total. The Morgan fingerprint density at radius 3 is 2.83 bits per heavy atom. The van der Waals surface area contributed by atoms with Crippen molar-refractivity contribution < 1.29 is 9.47 Å². The van der Waals surface area contributed by atoms with Gasteiger partial charge in [0.25, 0.3) is 0 Å². The lowest BCUT2D eigenvalue weighted by molar-refractivity contribution is -0.0731. The predicted octanol–water partition coefficient (Wildman–Crippen LogP) is 2.61. The highest BCUT2D eigenvalue weighted by Crippen LogP contribution is 2.42. The largest absolute Gasteiger partial charge is 0.381 e. The number of rotatable bonds is 7. The van der Waals surface area contributed by atoms with Crippen molar-refractivity contribution in [3.05, 3.63) is 18.0 Å². The summed E-state index contributed by atoms with van der Waals surface area (Å²) < 4.78 is 14.1. The highest BCUT2D eigenvalue weighted by Gasteiger charge is 2.45. The van der Waals surface area contributed by atoms with Gasteiger partial charge in [-0.2, -0.15) is 5.10 Å². The molecule has 1 spiro atoms. The van der Waals surface area contributed by atoms with E-state index in [9.17, 15) is 0 Å². The first kappa shape index (κ1) is 16.6. The lowest BCUT2D eigenvalue weighted by Gasteiger charge is -2.42. The van der Waals surface area contributed by atoms with Gasteiger partial charge in [0.05, 0.1) is 11.8 Å². The molecule has 0 amide bonds. The van der Waals surface area contributed by atoms with E-state index < -0.39 is 0 Å². The lowest BCUT2D eigenvalue weighted by atomic mass is 9.78. The molecular weight excluding hydrogens is 302 g/mol. The van der Waals surface area contributed by atoms with Gasteiger partial charge < -0.3 is 9.47 Å². The maximum absolute atomic E-state index is 6.29. The van der Waals surface area contributed by atoms with Crippen LogP contribution in [0.4, 0.5) is 0 Å². The summed E-state index contributed by atoms with van der Waals surface area (Å²) in [6, 6.07) is 0. The van der Waals surface area contributed by atoms with E-state index in [0.717, 1.165) is 45.4 Å². The van der Waals surface area contributed by atoms with Crippen LogP contribution in [-0.2, 0) is 23.1 Å². The third-order valence-electron chi connectivity index (χ3n) is 6.13. The van der Waals surface area contributed by atoms with E-state index in [1.807, 2.05) is 17.9 Å². The molecule has 5 heteroatoms. The van der Waals surface area contributed by atoms with Crippen molar-refractivity contribution in [1.29, 1.82) is 0 Å². The quantitative estimate of drug-likeness (QED) is 0.719. The molecule has 3 fully saturated rings. The second kappa shape index (κ2) is 7.14. The summed E-state index contributed by atoms with van der Waals surface area (Å²) >= 11 is 0. The number of aromatic nitrogens is 2. The second-order valence-electron chi connectivity index (χ2n) is 8.00. The van der Waals surface area contributed by atoms with Gasteiger partial charge in [-0.3, -0.25) is 9.58 Å². The van der Waals surface area contributed by atoms with Crippen molar-refractivity contribution in [1.82, 2.24) is 14.7 Å². The van der Waals surface area contributed by atoms with Crippen LogP contribution in [-0.4, -0.2) is 53.2 Å². The summed E-state index contributed by atoms with van der Waals surface area (Å²) in [5.41, 5.74) is 1.44. The molecule has 0 aromatic carbocycles. The van der Waals surface area contributed by atoms with E-state index in [2.05, 4.69) is 16.2 Å². The van der Waals surface area contributed by atoms with Gasteiger partial charge in [0.2, 0.25) is 0 Å². The molecule has 4 rings (SSSR count). The van der Waals surface area contributed by atoms with Crippen molar-refractivity contribution in [3.8, 4) is 0 Å². The maximum Gasteiger partial charge on any atom is 0.0736 e. The molecule has 1 aliphatic carbocycles. The first-order valence-electron chi connectivity index (χ1n) is 9.65. The minimum atomic E-state index is 0.133. The van der Waals surface area contributed by atoms with Gasteiger partial charge in [-0.1, -0.05) is 0 Å². The summed E-state index contributed by atoms with van der Waals surface area (Å²) in [6.45, 7) is 6.13. The minimum Gasteiger partial charge on any atom is -0.381 e. The standard InChI is InChI=1S/C19H31N3O2/c1-21-13-17(12-20-21)14-22-8-6-19(7-9-22)18(5-11-24-19)4-10-23-15-16-2-3-16/h12-13,16,18H,2-11,14-15H2,1H3/t18-/m1/s1. The van der Waals surface area contributed by atoms with Crippen LogP contribution in [0, 0.1) is 11.8 Å². The summed E-state index contributed by atoms with van der Waals surface area (Å²) in [6.07, 6.45) is 11.6. The molecule has 5 nitrogen and oxygen atoms in total. The Morgan fingerprint density at radius 1 is 1.29 bits per heavy atom. The van der Waals surface area contributed by atoms with Crippen LogP contribution in [0.5, 0.6) is 0 Å². The van der Waals surface area contributed by atoms with E-state index in [1.165, 1.54) is 44.1 Å². The zero-order valence-electron chi connectivity index (χ0n) is 15.0. The fourth-order valence-corrected chi connectivity index (χ4v) is 4.41. The summed E-state index contributed by atoms with van der Waals surface area (Å²) in [7, 11) is 1.98. The van der Waals surface area contributed by atoms with Gasteiger partial charge in [0, 0.05) is 58.3 Å². The SMILES string of the molecule is Cn1cc(CN2CCC3(CC2)OCC[C@H]3CCOCC2CC2)cn1. The molecule has 134 valence electrons. The van der Waals surface area contributed by atoms with Crippen LogP contribution in [0.3, 0.4) is 0 Å². The molecule has 2 aliphatic heterocycles. The second-order valence-corrected chi connectivity index (χ2v) is 8.00. The zero-order valence-corrected chi connectivity index (χ0v) is 15.0. The Balaban J connectivity index is 1.24. The molecule has 24 heavy (non-hydrogen) atoms. The Bertz CT molecular complexity index is 532. The fourth-order valence-electron chi connectivity index (χ4n) is 4.41. The van der Waals surface area contributed by atoms with Gasteiger partial charge in [-0.15, -0.1) is 0 Å². The third kappa shape index (κ3) is 3.84. The Labute approximate surface area is 145 Å². The first-order valence-corrected chi connectivity index (χ1v) is 9.65. The Kier molecular flexibility index (Phi) is 4.93. The average Bonchev–Trinajstić information content (AvgIpc) is 3.21. The summed E-state index contributed by atoms with van der Waals surface area (Å²) in [5, 5.41) is 4.28. The number of hydrogen-bond acceptors (Lipinski definition) is 4. The third-order valence-corrected chi connectivity index (χ3v) is 6.13.